The summed E-state index contributed by atoms with van der Waals surface area (Å²) in [5.41, 5.74) is 2.79. The Labute approximate surface area is 116 Å². The van der Waals surface area contributed by atoms with Crippen molar-refractivity contribution < 1.29 is 18.0 Å². The molecule has 1 aliphatic rings. The monoisotopic (exact) mass is 297 g/mol. The van der Waals surface area contributed by atoms with E-state index in [2.05, 4.69) is 5.32 Å². The number of amides is 2. The molecule has 8 heteroatoms. The minimum atomic E-state index is -3.88. The summed E-state index contributed by atoms with van der Waals surface area (Å²) in [5.74, 6) is -1.88. The number of carbonyl (C=O) groups is 2. The number of hydrogen-bond donors (Lipinski definition) is 3. The second kappa shape index (κ2) is 5.59. The molecule has 1 aliphatic carbocycles. The van der Waals surface area contributed by atoms with Crippen molar-refractivity contribution in [2.75, 3.05) is 0 Å². The third kappa shape index (κ3) is 3.78. The first-order valence-electron chi connectivity index (χ1n) is 6.08. The molecule has 0 atom stereocenters. The van der Waals surface area contributed by atoms with Gasteiger partial charge in [0.2, 0.25) is 0 Å². The number of rotatable bonds is 4. The number of sulfonamides is 1. The Morgan fingerprint density at radius 2 is 1.70 bits per heavy atom. The van der Waals surface area contributed by atoms with Crippen molar-refractivity contribution in [2.45, 2.75) is 30.7 Å². The summed E-state index contributed by atoms with van der Waals surface area (Å²) in [5, 5.41) is 2.45. The molecule has 0 saturated heterocycles. The molecule has 0 unspecified atom stereocenters. The van der Waals surface area contributed by atoms with E-state index in [-0.39, 0.29) is 10.9 Å². The van der Waals surface area contributed by atoms with Crippen LogP contribution in [0.3, 0.4) is 0 Å². The van der Waals surface area contributed by atoms with E-state index in [0.29, 0.717) is 0 Å². The van der Waals surface area contributed by atoms with Gasteiger partial charge in [0.1, 0.15) is 0 Å². The zero-order valence-electron chi connectivity index (χ0n) is 10.8. The Morgan fingerprint density at radius 3 is 2.25 bits per heavy atom. The Balaban J connectivity index is 1.93. The summed E-state index contributed by atoms with van der Waals surface area (Å²) in [6.45, 7) is 1.83. The highest BCUT2D eigenvalue weighted by Gasteiger charge is 2.27. The quantitative estimate of drug-likeness (QED) is 0.519. The van der Waals surface area contributed by atoms with Gasteiger partial charge < -0.3 is 5.32 Å². The molecule has 3 N–H and O–H groups in total. The van der Waals surface area contributed by atoms with Crippen LogP contribution in [0.4, 0.5) is 0 Å². The number of benzene rings is 1. The number of carbonyl (C=O) groups excluding carboxylic acids is 2. The summed E-state index contributed by atoms with van der Waals surface area (Å²) in [7, 11) is -3.88. The molecule has 1 aromatic rings. The van der Waals surface area contributed by atoms with Crippen molar-refractivity contribution in [1.29, 1.82) is 0 Å². The third-order valence-corrected chi connectivity index (χ3v) is 4.01. The summed E-state index contributed by atoms with van der Waals surface area (Å²) in [6, 6.07) is 6.12. The third-order valence-electron chi connectivity index (χ3n) is 2.75. The first kappa shape index (κ1) is 14.5. The van der Waals surface area contributed by atoms with Crippen molar-refractivity contribution in [2.24, 2.45) is 0 Å². The van der Waals surface area contributed by atoms with E-state index in [0.717, 1.165) is 18.4 Å². The van der Waals surface area contributed by atoms with E-state index < -0.39 is 21.8 Å². The molecule has 1 fully saturated rings. The van der Waals surface area contributed by atoms with Gasteiger partial charge in [-0.05, 0) is 31.9 Å². The van der Waals surface area contributed by atoms with Crippen LogP contribution < -0.4 is 15.6 Å². The molecule has 1 saturated carbocycles. The molecule has 2 rings (SSSR count). The van der Waals surface area contributed by atoms with Gasteiger partial charge in [-0.1, -0.05) is 17.7 Å². The molecule has 0 aromatic heterocycles. The van der Waals surface area contributed by atoms with Crippen LogP contribution in [0.1, 0.15) is 18.4 Å². The van der Waals surface area contributed by atoms with Crippen molar-refractivity contribution in [3.05, 3.63) is 29.8 Å². The summed E-state index contributed by atoms with van der Waals surface area (Å²) >= 11 is 0. The van der Waals surface area contributed by atoms with Crippen molar-refractivity contribution >= 4 is 21.8 Å². The average Bonchev–Trinajstić information content (AvgIpc) is 3.20. The highest BCUT2D eigenvalue weighted by Crippen LogP contribution is 2.18. The zero-order chi connectivity index (χ0) is 14.8. The molecule has 108 valence electrons. The van der Waals surface area contributed by atoms with Crippen molar-refractivity contribution in [3.8, 4) is 0 Å². The van der Waals surface area contributed by atoms with Crippen molar-refractivity contribution in [1.82, 2.24) is 15.6 Å². The van der Waals surface area contributed by atoms with Crippen LogP contribution in [0.25, 0.3) is 0 Å². The van der Waals surface area contributed by atoms with Crippen LogP contribution in [0.5, 0.6) is 0 Å². The molecular formula is C12H15N3O4S. The van der Waals surface area contributed by atoms with E-state index in [1.165, 1.54) is 12.1 Å². The second-order valence-electron chi connectivity index (χ2n) is 4.62. The maximum absolute atomic E-state index is 11.8. The van der Waals surface area contributed by atoms with Gasteiger partial charge in [0.05, 0.1) is 4.90 Å². The van der Waals surface area contributed by atoms with Gasteiger partial charge in [0, 0.05) is 6.04 Å². The van der Waals surface area contributed by atoms with Gasteiger partial charge in [-0.3, -0.25) is 15.0 Å². The summed E-state index contributed by atoms with van der Waals surface area (Å²) in [4.78, 5) is 24.6. The molecule has 0 bridgehead atoms. The van der Waals surface area contributed by atoms with E-state index in [4.69, 9.17) is 0 Å². The van der Waals surface area contributed by atoms with Crippen molar-refractivity contribution in [3.63, 3.8) is 0 Å². The maximum atomic E-state index is 11.8. The normalized spacial score (nSPS) is 14.7. The lowest BCUT2D eigenvalue weighted by atomic mass is 10.2. The predicted octanol–water partition coefficient (Wildman–Crippen LogP) is -0.417. The zero-order valence-corrected chi connectivity index (χ0v) is 11.7. The van der Waals surface area contributed by atoms with Crippen LogP contribution in [-0.4, -0.2) is 26.3 Å². The van der Waals surface area contributed by atoms with E-state index >= 15 is 0 Å². The number of aryl methyl sites for hydroxylation is 1. The molecule has 20 heavy (non-hydrogen) atoms. The molecule has 0 aliphatic heterocycles. The molecular weight excluding hydrogens is 282 g/mol. The lowest BCUT2D eigenvalue weighted by Gasteiger charge is -2.08. The van der Waals surface area contributed by atoms with Gasteiger partial charge in [0.25, 0.3) is 10.0 Å². The SMILES string of the molecule is Cc1ccc(S(=O)(=O)NNC(=O)C(=O)NC2CC2)cc1. The standard InChI is InChI=1S/C12H15N3O4S/c1-8-2-6-10(7-3-8)20(18,19)15-14-12(17)11(16)13-9-4-5-9/h2-3,6-7,9,15H,4-5H2,1H3,(H,13,16)(H,14,17). The van der Waals surface area contributed by atoms with Crippen LogP contribution in [-0.2, 0) is 19.6 Å². The van der Waals surface area contributed by atoms with Gasteiger partial charge in [-0.25, -0.2) is 8.42 Å². The van der Waals surface area contributed by atoms with E-state index in [1.807, 2.05) is 17.2 Å². The van der Waals surface area contributed by atoms with Gasteiger partial charge in [0.15, 0.2) is 0 Å². The van der Waals surface area contributed by atoms with Crippen LogP contribution in [0, 0.1) is 6.92 Å². The molecule has 0 spiro atoms. The second-order valence-corrected chi connectivity index (χ2v) is 6.30. The predicted molar refractivity (Wildman–Crippen MR) is 70.8 cm³/mol. The lowest BCUT2D eigenvalue weighted by Crippen LogP contribution is -2.48. The Kier molecular flexibility index (Phi) is 4.05. The minimum Gasteiger partial charge on any atom is -0.345 e. The number of nitrogens with one attached hydrogen (secondary N) is 3. The smallest absolute Gasteiger partial charge is 0.324 e. The average molecular weight is 297 g/mol. The Hall–Kier alpha value is -1.93. The minimum absolute atomic E-state index is 0.00556. The van der Waals surface area contributed by atoms with E-state index in [1.54, 1.807) is 12.1 Å². The van der Waals surface area contributed by atoms with Gasteiger partial charge in [-0.15, -0.1) is 4.83 Å². The number of hydrogen-bond acceptors (Lipinski definition) is 4. The molecule has 1 aromatic carbocycles. The molecule has 7 nitrogen and oxygen atoms in total. The lowest BCUT2D eigenvalue weighted by molar-refractivity contribution is -0.139. The largest absolute Gasteiger partial charge is 0.345 e. The molecule has 0 radical (unpaired) electrons. The Bertz CT molecular complexity index is 621. The number of hydrazine groups is 1. The highest BCUT2D eigenvalue weighted by molar-refractivity contribution is 7.89. The van der Waals surface area contributed by atoms with E-state index in [9.17, 15) is 18.0 Å². The fourth-order valence-electron chi connectivity index (χ4n) is 1.43. The fraction of sp³-hybridized carbons (Fsp3) is 0.333. The summed E-state index contributed by atoms with van der Waals surface area (Å²) in [6.07, 6.45) is 1.68. The van der Waals surface area contributed by atoms with Crippen LogP contribution in [0.2, 0.25) is 0 Å². The highest BCUT2D eigenvalue weighted by atomic mass is 32.2. The fourth-order valence-corrected chi connectivity index (χ4v) is 2.26. The van der Waals surface area contributed by atoms with Gasteiger partial charge in [-0.2, -0.15) is 0 Å². The van der Waals surface area contributed by atoms with Gasteiger partial charge >= 0.3 is 11.8 Å². The molecule has 0 heterocycles. The first-order chi connectivity index (χ1) is 9.38. The van der Waals surface area contributed by atoms with Crippen LogP contribution >= 0.6 is 0 Å². The summed E-state index contributed by atoms with van der Waals surface area (Å²) < 4.78 is 23.7. The first-order valence-corrected chi connectivity index (χ1v) is 7.56. The topological polar surface area (TPSA) is 104 Å². The maximum Gasteiger partial charge on any atom is 0.324 e. The Morgan fingerprint density at radius 1 is 1.10 bits per heavy atom. The van der Waals surface area contributed by atoms with Crippen LogP contribution in [0.15, 0.2) is 29.2 Å². The molecule has 2 amide bonds.